The van der Waals surface area contributed by atoms with Crippen LogP contribution in [0.3, 0.4) is 0 Å². The van der Waals surface area contributed by atoms with E-state index in [4.69, 9.17) is 0 Å². The summed E-state index contributed by atoms with van der Waals surface area (Å²) in [4.78, 5) is 22.7. The Labute approximate surface area is 103 Å². The zero-order valence-electron chi connectivity index (χ0n) is 10.6. The molecule has 0 bridgehead atoms. The van der Waals surface area contributed by atoms with Crippen LogP contribution in [0.2, 0.25) is 0 Å². The molecule has 96 valence electrons. The predicted octanol–water partition coefficient (Wildman–Crippen LogP) is 1.52. The highest BCUT2D eigenvalue weighted by Gasteiger charge is 2.31. The fraction of sp³-hybridized carbons (Fsp3) is 0.692. The Balaban J connectivity index is 2.42. The minimum atomic E-state index is -0.311. The summed E-state index contributed by atoms with van der Waals surface area (Å²) in [5.41, 5.74) is -0.0474. The van der Waals surface area contributed by atoms with Crippen molar-refractivity contribution in [2.75, 3.05) is 6.54 Å². The first-order valence-corrected chi connectivity index (χ1v) is 6.33. The van der Waals surface area contributed by atoms with Crippen LogP contribution in [0.4, 0.5) is 0 Å². The average Bonchev–Trinajstić information content (AvgIpc) is 2.37. The minimum Gasteiger partial charge on any atom is -0.349 e. The average molecular weight is 238 g/mol. The summed E-state index contributed by atoms with van der Waals surface area (Å²) in [6.45, 7) is 5.48. The van der Waals surface area contributed by atoms with Crippen molar-refractivity contribution in [1.29, 1.82) is 0 Å². The maximum atomic E-state index is 11.7. The fourth-order valence-electron chi connectivity index (χ4n) is 2.38. The van der Waals surface area contributed by atoms with Gasteiger partial charge in [0.1, 0.15) is 0 Å². The van der Waals surface area contributed by atoms with Gasteiger partial charge in [-0.3, -0.25) is 9.59 Å². The standard InChI is InChI=1S/C13H22N2O2/c1-3-11(16)14-10-12(17)15-13(4-2)8-6-5-7-9-13/h3H,1,4-10H2,2H3,(H,14,16)(H,15,17). The Bertz CT molecular complexity index is 294. The van der Waals surface area contributed by atoms with Gasteiger partial charge in [0.15, 0.2) is 0 Å². The highest BCUT2D eigenvalue weighted by atomic mass is 16.2. The third-order valence-electron chi connectivity index (χ3n) is 3.50. The second-order valence-corrected chi connectivity index (χ2v) is 4.66. The quantitative estimate of drug-likeness (QED) is 0.713. The molecule has 0 unspecified atom stereocenters. The van der Waals surface area contributed by atoms with Crippen molar-refractivity contribution < 1.29 is 9.59 Å². The van der Waals surface area contributed by atoms with Gasteiger partial charge in [-0.25, -0.2) is 0 Å². The van der Waals surface area contributed by atoms with E-state index in [0.717, 1.165) is 19.3 Å². The van der Waals surface area contributed by atoms with Crippen molar-refractivity contribution in [2.24, 2.45) is 0 Å². The van der Waals surface area contributed by atoms with Crippen molar-refractivity contribution >= 4 is 11.8 Å². The molecule has 0 aliphatic heterocycles. The molecule has 2 N–H and O–H groups in total. The maximum Gasteiger partial charge on any atom is 0.243 e. The number of hydrogen-bond donors (Lipinski definition) is 2. The van der Waals surface area contributed by atoms with Gasteiger partial charge in [0.25, 0.3) is 0 Å². The second kappa shape index (κ2) is 6.42. The molecule has 1 aliphatic carbocycles. The zero-order chi connectivity index (χ0) is 12.7. The van der Waals surface area contributed by atoms with Crippen molar-refractivity contribution in [3.05, 3.63) is 12.7 Å². The minimum absolute atomic E-state index is 0.0343. The number of amides is 2. The molecule has 17 heavy (non-hydrogen) atoms. The van der Waals surface area contributed by atoms with Crippen molar-refractivity contribution in [3.8, 4) is 0 Å². The first-order valence-electron chi connectivity index (χ1n) is 6.33. The molecule has 0 atom stereocenters. The van der Waals surface area contributed by atoms with Gasteiger partial charge in [-0.2, -0.15) is 0 Å². The van der Waals surface area contributed by atoms with Crippen LogP contribution in [-0.2, 0) is 9.59 Å². The van der Waals surface area contributed by atoms with Crippen LogP contribution in [0, 0.1) is 0 Å². The summed E-state index contributed by atoms with van der Waals surface area (Å²) < 4.78 is 0. The van der Waals surface area contributed by atoms with Crippen molar-refractivity contribution in [1.82, 2.24) is 10.6 Å². The summed E-state index contributed by atoms with van der Waals surface area (Å²) in [5, 5.41) is 5.57. The Morgan fingerprint density at radius 3 is 2.47 bits per heavy atom. The topological polar surface area (TPSA) is 58.2 Å². The SMILES string of the molecule is C=CC(=O)NCC(=O)NC1(CC)CCCCC1. The summed E-state index contributed by atoms with van der Waals surface area (Å²) in [5.74, 6) is -0.418. The van der Waals surface area contributed by atoms with Crippen LogP contribution < -0.4 is 10.6 Å². The van der Waals surface area contributed by atoms with Crippen molar-refractivity contribution in [2.45, 2.75) is 51.0 Å². The molecule has 0 saturated heterocycles. The first kappa shape index (κ1) is 13.7. The highest BCUT2D eigenvalue weighted by molar-refractivity contribution is 5.90. The third kappa shape index (κ3) is 4.21. The van der Waals surface area contributed by atoms with E-state index in [1.165, 1.54) is 25.3 Å². The smallest absolute Gasteiger partial charge is 0.243 e. The molecule has 2 amide bonds. The Hall–Kier alpha value is -1.32. The molecular weight excluding hydrogens is 216 g/mol. The molecule has 0 aromatic carbocycles. The second-order valence-electron chi connectivity index (χ2n) is 4.66. The predicted molar refractivity (Wildman–Crippen MR) is 67.5 cm³/mol. The van der Waals surface area contributed by atoms with Gasteiger partial charge >= 0.3 is 0 Å². The van der Waals surface area contributed by atoms with Gasteiger partial charge < -0.3 is 10.6 Å². The lowest BCUT2D eigenvalue weighted by molar-refractivity contribution is -0.125. The Morgan fingerprint density at radius 1 is 1.29 bits per heavy atom. The van der Waals surface area contributed by atoms with E-state index in [0.29, 0.717) is 0 Å². The molecule has 1 aliphatic rings. The van der Waals surface area contributed by atoms with Crippen molar-refractivity contribution in [3.63, 3.8) is 0 Å². The van der Waals surface area contributed by atoms with E-state index in [2.05, 4.69) is 24.1 Å². The Kier molecular flexibility index (Phi) is 5.19. The van der Waals surface area contributed by atoms with Gasteiger partial charge in [-0.05, 0) is 25.3 Å². The van der Waals surface area contributed by atoms with Gasteiger partial charge in [-0.1, -0.05) is 32.8 Å². The molecular formula is C13H22N2O2. The molecule has 0 radical (unpaired) electrons. The molecule has 0 aromatic heterocycles. The number of nitrogens with one attached hydrogen (secondary N) is 2. The largest absolute Gasteiger partial charge is 0.349 e. The van der Waals surface area contributed by atoms with Crippen LogP contribution in [0.25, 0.3) is 0 Å². The molecule has 1 rings (SSSR count). The van der Waals surface area contributed by atoms with E-state index >= 15 is 0 Å². The van der Waals surface area contributed by atoms with Gasteiger partial charge in [0.05, 0.1) is 6.54 Å². The lowest BCUT2D eigenvalue weighted by atomic mass is 9.80. The number of carbonyl (C=O) groups excluding carboxylic acids is 2. The molecule has 4 heteroatoms. The number of carbonyl (C=O) groups is 2. The fourth-order valence-corrected chi connectivity index (χ4v) is 2.38. The summed E-state index contributed by atoms with van der Waals surface area (Å²) >= 11 is 0. The lowest BCUT2D eigenvalue weighted by Gasteiger charge is -2.37. The van der Waals surface area contributed by atoms with E-state index in [-0.39, 0.29) is 23.9 Å². The van der Waals surface area contributed by atoms with Crippen LogP contribution >= 0.6 is 0 Å². The summed E-state index contributed by atoms with van der Waals surface area (Å²) in [6, 6.07) is 0. The van der Waals surface area contributed by atoms with Crippen LogP contribution in [0.5, 0.6) is 0 Å². The van der Waals surface area contributed by atoms with E-state index in [9.17, 15) is 9.59 Å². The molecule has 1 saturated carbocycles. The van der Waals surface area contributed by atoms with Gasteiger partial charge in [0.2, 0.25) is 11.8 Å². The molecule has 4 nitrogen and oxygen atoms in total. The van der Waals surface area contributed by atoms with Crippen LogP contribution in [-0.4, -0.2) is 23.9 Å². The number of hydrogen-bond acceptors (Lipinski definition) is 2. The van der Waals surface area contributed by atoms with Crippen LogP contribution in [0.15, 0.2) is 12.7 Å². The Morgan fingerprint density at radius 2 is 1.94 bits per heavy atom. The lowest BCUT2D eigenvalue weighted by Crippen LogP contribution is -2.52. The zero-order valence-corrected chi connectivity index (χ0v) is 10.6. The summed E-state index contributed by atoms with van der Waals surface area (Å²) in [7, 11) is 0. The molecule has 0 heterocycles. The maximum absolute atomic E-state index is 11.7. The van der Waals surface area contributed by atoms with E-state index < -0.39 is 0 Å². The third-order valence-corrected chi connectivity index (χ3v) is 3.50. The summed E-state index contributed by atoms with van der Waals surface area (Å²) in [6.07, 6.45) is 7.82. The van der Waals surface area contributed by atoms with E-state index in [1.54, 1.807) is 0 Å². The van der Waals surface area contributed by atoms with Gasteiger partial charge in [0, 0.05) is 5.54 Å². The molecule has 0 aromatic rings. The van der Waals surface area contributed by atoms with E-state index in [1.807, 2.05) is 0 Å². The molecule has 0 spiro atoms. The normalized spacial score (nSPS) is 18.2. The monoisotopic (exact) mass is 238 g/mol. The van der Waals surface area contributed by atoms with Crippen LogP contribution in [0.1, 0.15) is 45.4 Å². The molecule has 1 fully saturated rings. The van der Waals surface area contributed by atoms with Gasteiger partial charge in [-0.15, -0.1) is 0 Å². The highest BCUT2D eigenvalue weighted by Crippen LogP contribution is 2.30. The number of rotatable bonds is 5. The first-order chi connectivity index (χ1) is 8.12.